The van der Waals surface area contributed by atoms with Crippen molar-refractivity contribution in [1.29, 1.82) is 0 Å². The Kier molecular flexibility index (Phi) is 8.63. The molecule has 0 saturated carbocycles. The monoisotopic (exact) mass is 408 g/mol. The lowest BCUT2D eigenvalue weighted by atomic mass is 10.1. The highest BCUT2D eigenvalue weighted by Crippen LogP contribution is 2.33. The third-order valence-electron chi connectivity index (χ3n) is 4.61. The summed E-state index contributed by atoms with van der Waals surface area (Å²) in [6.07, 6.45) is 1.19. The first-order valence-electron chi connectivity index (χ1n) is 9.51. The number of amides is 2. The van der Waals surface area contributed by atoms with Crippen LogP contribution in [0.1, 0.15) is 33.1 Å². The molecule has 28 heavy (non-hydrogen) atoms. The van der Waals surface area contributed by atoms with Crippen LogP contribution in [0, 0.1) is 0 Å². The van der Waals surface area contributed by atoms with Crippen LogP contribution < -0.4 is 15.0 Å². The molecule has 1 N–H and O–H groups in total. The predicted octanol–water partition coefficient (Wildman–Crippen LogP) is 2.38. The maximum atomic E-state index is 12.8. The van der Waals surface area contributed by atoms with Gasteiger partial charge in [-0.1, -0.05) is 26.0 Å². The van der Waals surface area contributed by atoms with Gasteiger partial charge in [0.15, 0.2) is 6.10 Å². The smallest absolute Gasteiger partial charge is 0.315 e. The number of methoxy groups -OCH3 is 1. The molecule has 8 heteroatoms. The second-order valence-electron chi connectivity index (χ2n) is 6.48. The molecule has 0 radical (unpaired) electrons. The zero-order valence-corrected chi connectivity index (χ0v) is 17.4. The summed E-state index contributed by atoms with van der Waals surface area (Å²) in [5.41, 5.74) is 0.664. The Hall–Kier alpha value is -2.22. The Labute approximate surface area is 170 Å². The number of para-hydroxylation sites is 2. The number of ether oxygens (including phenoxy) is 2. The number of anilines is 1. The van der Waals surface area contributed by atoms with Crippen molar-refractivity contribution in [2.75, 3.05) is 30.1 Å². The Balaban J connectivity index is 2.04. The lowest BCUT2D eigenvalue weighted by Gasteiger charge is -2.34. The van der Waals surface area contributed by atoms with Crippen LogP contribution in [0.25, 0.3) is 0 Å². The fraction of sp³-hybridized carbons (Fsp3) is 0.550. The van der Waals surface area contributed by atoms with Gasteiger partial charge >= 0.3 is 5.97 Å². The van der Waals surface area contributed by atoms with Gasteiger partial charge in [0.1, 0.15) is 5.75 Å². The van der Waals surface area contributed by atoms with Crippen LogP contribution in [0.15, 0.2) is 24.3 Å². The predicted molar refractivity (Wildman–Crippen MR) is 110 cm³/mol. The van der Waals surface area contributed by atoms with Crippen molar-refractivity contribution < 1.29 is 23.9 Å². The lowest BCUT2D eigenvalue weighted by Crippen LogP contribution is -2.52. The zero-order chi connectivity index (χ0) is 20.5. The number of fused-ring (bicyclic) bond motifs is 1. The van der Waals surface area contributed by atoms with Crippen molar-refractivity contribution in [2.24, 2.45) is 0 Å². The molecule has 1 heterocycles. The number of hydrogen-bond acceptors (Lipinski definition) is 6. The van der Waals surface area contributed by atoms with E-state index < -0.39 is 6.10 Å². The first kappa shape index (κ1) is 22.1. The fourth-order valence-corrected chi connectivity index (χ4v) is 3.65. The van der Waals surface area contributed by atoms with Crippen molar-refractivity contribution in [2.45, 2.75) is 45.3 Å². The number of benzene rings is 1. The second-order valence-corrected chi connectivity index (χ2v) is 7.58. The van der Waals surface area contributed by atoms with E-state index in [2.05, 4.69) is 10.1 Å². The summed E-state index contributed by atoms with van der Waals surface area (Å²) in [4.78, 5) is 38.2. The number of carbonyl (C=O) groups is 3. The van der Waals surface area contributed by atoms with Crippen molar-refractivity contribution >= 4 is 35.2 Å². The molecule has 154 valence electrons. The van der Waals surface area contributed by atoms with Crippen molar-refractivity contribution in [3.8, 4) is 5.75 Å². The van der Waals surface area contributed by atoms with E-state index in [0.717, 1.165) is 12.8 Å². The summed E-state index contributed by atoms with van der Waals surface area (Å²) in [7, 11) is 1.34. The van der Waals surface area contributed by atoms with Crippen LogP contribution in [0.2, 0.25) is 0 Å². The summed E-state index contributed by atoms with van der Waals surface area (Å²) in [6, 6.07) is 7.31. The largest absolute Gasteiger partial charge is 0.477 e. The molecule has 1 unspecified atom stereocenters. The Bertz CT molecular complexity index is 693. The topological polar surface area (TPSA) is 84.9 Å². The van der Waals surface area contributed by atoms with Gasteiger partial charge < -0.3 is 19.7 Å². The van der Waals surface area contributed by atoms with E-state index in [4.69, 9.17) is 4.74 Å². The van der Waals surface area contributed by atoms with Crippen LogP contribution in [-0.2, 0) is 19.1 Å². The molecule has 2 rings (SSSR count). The Morgan fingerprint density at radius 1 is 1.29 bits per heavy atom. The molecule has 0 aromatic heterocycles. The number of thioether (sulfide) groups is 1. The van der Waals surface area contributed by atoms with Crippen molar-refractivity contribution in [1.82, 2.24) is 5.32 Å². The average Bonchev–Trinajstić information content (AvgIpc) is 2.73. The number of rotatable bonds is 9. The molecular weight excluding hydrogens is 380 g/mol. The number of carbonyl (C=O) groups excluding carboxylic acids is 3. The molecule has 7 nitrogen and oxygen atoms in total. The molecule has 0 spiro atoms. The molecule has 1 aliphatic heterocycles. The minimum absolute atomic E-state index is 0.0899. The van der Waals surface area contributed by atoms with E-state index in [1.165, 1.54) is 18.9 Å². The molecule has 1 aromatic rings. The van der Waals surface area contributed by atoms with Gasteiger partial charge in [0.05, 0.1) is 25.1 Å². The zero-order valence-electron chi connectivity index (χ0n) is 16.6. The quantitative estimate of drug-likeness (QED) is 0.499. The summed E-state index contributed by atoms with van der Waals surface area (Å²) in [5.74, 6) is 0.609. The molecule has 1 aromatic carbocycles. The van der Waals surface area contributed by atoms with Crippen LogP contribution in [0.4, 0.5) is 5.69 Å². The number of nitrogens with zero attached hydrogens (tertiary/aromatic N) is 1. The van der Waals surface area contributed by atoms with Crippen molar-refractivity contribution in [3.63, 3.8) is 0 Å². The van der Waals surface area contributed by atoms with Crippen LogP contribution in [-0.4, -0.2) is 55.1 Å². The third kappa shape index (κ3) is 5.89. The SMILES string of the molecule is CCC(CC)NC(=O)C1CN(C(=O)CCSCC(=O)OC)c2ccccc2O1. The lowest BCUT2D eigenvalue weighted by molar-refractivity contribution is -0.137. The Morgan fingerprint density at radius 2 is 2.00 bits per heavy atom. The molecule has 0 aliphatic carbocycles. The summed E-state index contributed by atoms with van der Waals surface area (Å²) >= 11 is 1.35. The van der Waals surface area contributed by atoms with Gasteiger partial charge in [-0.25, -0.2) is 0 Å². The van der Waals surface area contributed by atoms with Gasteiger partial charge in [-0.2, -0.15) is 0 Å². The molecule has 1 atom stereocenters. The fourth-order valence-electron chi connectivity index (χ4n) is 2.90. The normalized spacial score (nSPS) is 15.6. The molecule has 1 aliphatic rings. The van der Waals surface area contributed by atoms with Crippen LogP contribution in [0.5, 0.6) is 5.75 Å². The second kappa shape index (κ2) is 10.9. The van der Waals surface area contributed by atoms with Gasteiger partial charge in [-0.15, -0.1) is 11.8 Å². The maximum absolute atomic E-state index is 12.8. The highest BCUT2D eigenvalue weighted by Gasteiger charge is 2.34. The highest BCUT2D eigenvalue weighted by atomic mass is 32.2. The van der Waals surface area contributed by atoms with Gasteiger partial charge in [0, 0.05) is 18.2 Å². The number of esters is 1. The highest BCUT2D eigenvalue weighted by molar-refractivity contribution is 7.99. The summed E-state index contributed by atoms with van der Waals surface area (Å²) in [5, 5.41) is 2.99. The average molecular weight is 409 g/mol. The molecule has 0 bridgehead atoms. The van der Waals surface area contributed by atoms with Gasteiger partial charge in [0.25, 0.3) is 5.91 Å². The van der Waals surface area contributed by atoms with E-state index in [9.17, 15) is 14.4 Å². The van der Waals surface area contributed by atoms with Crippen LogP contribution in [0.3, 0.4) is 0 Å². The van der Waals surface area contributed by atoms with Gasteiger partial charge in [-0.05, 0) is 25.0 Å². The molecule has 0 saturated heterocycles. The molecular formula is C20H28N2O5S. The van der Waals surface area contributed by atoms with E-state index in [1.807, 2.05) is 32.0 Å². The van der Waals surface area contributed by atoms with E-state index in [0.29, 0.717) is 17.2 Å². The summed E-state index contributed by atoms with van der Waals surface area (Å²) < 4.78 is 10.5. The number of nitrogens with one attached hydrogen (secondary N) is 1. The van der Waals surface area contributed by atoms with Gasteiger partial charge in [-0.3, -0.25) is 14.4 Å². The van der Waals surface area contributed by atoms with Crippen LogP contribution >= 0.6 is 11.8 Å². The number of hydrogen-bond donors (Lipinski definition) is 1. The molecule has 2 amide bonds. The van der Waals surface area contributed by atoms with E-state index in [-0.39, 0.29) is 42.5 Å². The van der Waals surface area contributed by atoms with E-state index in [1.54, 1.807) is 11.0 Å². The van der Waals surface area contributed by atoms with E-state index >= 15 is 0 Å². The summed E-state index contributed by atoms with van der Waals surface area (Å²) in [6.45, 7) is 4.21. The minimum Gasteiger partial charge on any atom is -0.477 e. The minimum atomic E-state index is -0.748. The van der Waals surface area contributed by atoms with Crippen molar-refractivity contribution in [3.05, 3.63) is 24.3 Å². The van der Waals surface area contributed by atoms with Gasteiger partial charge in [0.2, 0.25) is 5.91 Å². The maximum Gasteiger partial charge on any atom is 0.315 e. The third-order valence-corrected chi connectivity index (χ3v) is 5.54. The first-order valence-corrected chi connectivity index (χ1v) is 10.7. The molecule has 0 fully saturated rings. The Morgan fingerprint density at radius 3 is 2.68 bits per heavy atom. The standard InChI is InChI=1S/C20H28N2O5S/c1-4-14(5-2)21-20(25)17-12-22(15-8-6-7-9-16(15)27-17)18(23)10-11-28-13-19(24)26-3/h6-9,14,17H,4-5,10-13H2,1-3H3,(H,21,25). The first-order chi connectivity index (χ1) is 13.5.